The zero-order valence-electron chi connectivity index (χ0n) is 17.3. The summed E-state index contributed by atoms with van der Waals surface area (Å²) in [5, 5.41) is 18.9. The van der Waals surface area contributed by atoms with Crippen LogP contribution >= 0.6 is 11.6 Å². The van der Waals surface area contributed by atoms with E-state index >= 15 is 0 Å². The van der Waals surface area contributed by atoms with Crippen molar-refractivity contribution in [1.29, 1.82) is 0 Å². The first-order valence-corrected chi connectivity index (χ1v) is 10.8. The van der Waals surface area contributed by atoms with E-state index in [2.05, 4.69) is 20.3 Å². The van der Waals surface area contributed by atoms with Crippen LogP contribution < -0.4 is 10.2 Å². The van der Waals surface area contributed by atoms with E-state index in [1.807, 2.05) is 42.5 Å². The molecule has 0 bridgehead atoms. The van der Waals surface area contributed by atoms with E-state index in [9.17, 15) is 9.90 Å². The highest BCUT2D eigenvalue weighted by molar-refractivity contribution is 6.34. The summed E-state index contributed by atoms with van der Waals surface area (Å²) in [5.74, 6) is 0.876. The van der Waals surface area contributed by atoms with Gasteiger partial charge in [0.2, 0.25) is 0 Å². The van der Waals surface area contributed by atoms with Crippen LogP contribution in [-0.4, -0.2) is 38.7 Å². The molecule has 2 aromatic heterocycles. The van der Waals surface area contributed by atoms with E-state index in [1.54, 1.807) is 35.0 Å². The van der Waals surface area contributed by atoms with Crippen molar-refractivity contribution < 1.29 is 9.90 Å². The minimum absolute atomic E-state index is 0.324. The number of benzene rings is 2. The van der Waals surface area contributed by atoms with Gasteiger partial charge in [0.25, 0.3) is 5.91 Å². The van der Waals surface area contributed by atoms with Gasteiger partial charge in [0.1, 0.15) is 5.82 Å². The van der Waals surface area contributed by atoms with E-state index < -0.39 is 5.60 Å². The number of aliphatic hydroxyl groups is 1. The largest absolute Gasteiger partial charge is 0.385 e. The summed E-state index contributed by atoms with van der Waals surface area (Å²) in [6.07, 6.45) is 2.93. The Morgan fingerprint density at radius 3 is 2.47 bits per heavy atom. The third kappa shape index (κ3) is 3.92. The number of fused-ring (bicyclic) bond motifs is 1. The normalized spacial score (nSPS) is 15.6. The second-order valence-corrected chi connectivity index (χ2v) is 8.35. The Kier molecular flexibility index (Phi) is 5.28. The first-order valence-electron chi connectivity index (χ1n) is 10.5. The molecular weight excluding hydrogens is 426 g/mol. The monoisotopic (exact) mass is 447 g/mol. The maximum absolute atomic E-state index is 12.5. The summed E-state index contributed by atoms with van der Waals surface area (Å²) >= 11 is 6.11. The first-order chi connectivity index (χ1) is 15.5. The SMILES string of the molecule is O=C(Nc1cn2nc(N3CCC(O)(c4ccccc4)CC3)ccc2n1)c1ccccc1Cl. The highest BCUT2D eigenvalue weighted by atomic mass is 35.5. The average Bonchev–Trinajstić information content (AvgIpc) is 3.22. The molecule has 3 heterocycles. The van der Waals surface area contributed by atoms with Crippen LogP contribution in [0.3, 0.4) is 0 Å². The minimum atomic E-state index is -0.812. The highest BCUT2D eigenvalue weighted by Crippen LogP contribution is 2.34. The molecule has 1 fully saturated rings. The van der Waals surface area contributed by atoms with Gasteiger partial charge in [-0.15, -0.1) is 5.10 Å². The zero-order valence-corrected chi connectivity index (χ0v) is 18.0. The second-order valence-electron chi connectivity index (χ2n) is 7.94. The second kappa shape index (κ2) is 8.26. The number of rotatable bonds is 4. The maximum Gasteiger partial charge on any atom is 0.258 e. The number of hydrogen-bond acceptors (Lipinski definition) is 5. The minimum Gasteiger partial charge on any atom is -0.385 e. The van der Waals surface area contributed by atoms with Crippen molar-refractivity contribution in [2.24, 2.45) is 0 Å². The zero-order chi connectivity index (χ0) is 22.1. The smallest absolute Gasteiger partial charge is 0.258 e. The number of carbonyl (C=O) groups is 1. The number of hydrogen-bond donors (Lipinski definition) is 2. The van der Waals surface area contributed by atoms with Crippen molar-refractivity contribution >= 4 is 34.8 Å². The number of anilines is 2. The number of halogens is 1. The van der Waals surface area contributed by atoms with Gasteiger partial charge in [-0.05, 0) is 42.7 Å². The van der Waals surface area contributed by atoms with Crippen LogP contribution in [0.4, 0.5) is 11.6 Å². The van der Waals surface area contributed by atoms with Crippen LogP contribution in [0.5, 0.6) is 0 Å². The molecule has 32 heavy (non-hydrogen) atoms. The van der Waals surface area contributed by atoms with E-state index in [4.69, 9.17) is 11.6 Å². The third-order valence-electron chi connectivity index (χ3n) is 5.89. The van der Waals surface area contributed by atoms with Crippen LogP contribution in [0.2, 0.25) is 5.02 Å². The summed E-state index contributed by atoms with van der Waals surface area (Å²) in [6.45, 7) is 1.38. The van der Waals surface area contributed by atoms with Gasteiger partial charge in [-0.25, -0.2) is 9.50 Å². The molecule has 8 heteroatoms. The molecule has 162 valence electrons. The number of amides is 1. The number of nitrogens with zero attached hydrogens (tertiary/aromatic N) is 4. The van der Waals surface area contributed by atoms with Crippen LogP contribution in [0.1, 0.15) is 28.8 Å². The molecule has 5 rings (SSSR count). The van der Waals surface area contributed by atoms with Crippen LogP contribution in [-0.2, 0) is 5.60 Å². The van der Waals surface area contributed by atoms with Gasteiger partial charge < -0.3 is 15.3 Å². The fourth-order valence-electron chi connectivity index (χ4n) is 4.07. The fourth-order valence-corrected chi connectivity index (χ4v) is 4.29. The van der Waals surface area contributed by atoms with Crippen molar-refractivity contribution in [3.05, 3.63) is 89.1 Å². The quantitative estimate of drug-likeness (QED) is 0.491. The Morgan fingerprint density at radius 1 is 1.00 bits per heavy atom. The van der Waals surface area contributed by atoms with Gasteiger partial charge in [0, 0.05) is 13.1 Å². The predicted octanol–water partition coefficient (Wildman–Crippen LogP) is 4.12. The lowest BCUT2D eigenvalue weighted by molar-refractivity contribution is 0.0116. The summed E-state index contributed by atoms with van der Waals surface area (Å²) in [6, 6.07) is 20.5. The molecule has 0 spiro atoms. The number of imidazole rings is 1. The molecule has 2 aromatic carbocycles. The molecule has 7 nitrogen and oxygen atoms in total. The van der Waals surface area contributed by atoms with Crippen molar-refractivity contribution in [2.45, 2.75) is 18.4 Å². The Balaban J connectivity index is 1.31. The van der Waals surface area contributed by atoms with Gasteiger partial charge in [-0.2, -0.15) is 0 Å². The maximum atomic E-state index is 12.5. The van der Waals surface area contributed by atoms with Crippen LogP contribution in [0.15, 0.2) is 72.9 Å². The van der Waals surface area contributed by atoms with Crippen LogP contribution in [0, 0.1) is 0 Å². The van der Waals surface area contributed by atoms with Crippen LogP contribution in [0.25, 0.3) is 5.65 Å². The van der Waals surface area contributed by atoms with Crippen molar-refractivity contribution in [2.75, 3.05) is 23.3 Å². The summed E-state index contributed by atoms with van der Waals surface area (Å²) in [5.41, 5.74) is 1.16. The lowest BCUT2D eigenvalue weighted by Crippen LogP contribution is -2.43. The van der Waals surface area contributed by atoms with E-state index in [1.165, 1.54) is 0 Å². The predicted molar refractivity (Wildman–Crippen MR) is 124 cm³/mol. The molecule has 0 aliphatic carbocycles. The first kappa shape index (κ1) is 20.5. The van der Waals surface area contributed by atoms with E-state index in [-0.39, 0.29) is 5.91 Å². The molecule has 4 aromatic rings. The summed E-state index contributed by atoms with van der Waals surface area (Å²) < 4.78 is 1.65. The fraction of sp³-hybridized carbons (Fsp3) is 0.208. The standard InChI is InChI=1S/C24H22ClN5O2/c25-19-9-5-4-8-18(19)23(31)27-20-16-30-21(26-20)10-11-22(28-30)29-14-12-24(32,13-15-29)17-6-2-1-3-7-17/h1-11,16,32H,12-15H2,(H,27,31). The number of aromatic nitrogens is 3. The Bertz CT molecular complexity index is 1270. The Labute approximate surface area is 190 Å². The van der Waals surface area contributed by atoms with Crippen molar-refractivity contribution in [1.82, 2.24) is 14.6 Å². The van der Waals surface area contributed by atoms with Crippen molar-refractivity contribution in [3.8, 4) is 0 Å². The molecule has 1 aliphatic heterocycles. The van der Waals surface area contributed by atoms with E-state index in [0.717, 1.165) is 11.4 Å². The van der Waals surface area contributed by atoms with E-state index in [0.29, 0.717) is 48.0 Å². The summed E-state index contributed by atoms with van der Waals surface area (Å²) in [7, 11) is 0. The van der Waals surface area contributed by atoms with Gasteiger partial charge in [-0.1, -0.05) is 54.1 Å². The third-order valence-corrected chi connectivity index (χ3v) is 6.22. The number of piperidine rings is 1. The lowest BCUT2D eigenvalue weighted by Gasteiger charge is -2.39. The lowest BCUT2D eigenvalue weighted by atomic mass is 9.84. The van der Waals surface area contributed by atoms with Gasteiger partial charge >= 0.3 is 0 Å². The molecule has 2 N–H and O–H groups in total. The van der Waals surface area contributed by atoms with Gasteiger partial charge in [-0.3, -0.25) is 4.79 Å². The van der Waals surface area contributed by atoms with Gasteiger partial charge in [0.15, 0.2) is 11.5 Å². The highest BCUT2D eigenvalue weighted by Gasteiger charge is 2.34. The number of nitrogens with one attached hydrogen (secondary N) is 1. The average molecular weight is 448 g/mol. The number of carbonyl (C=O) groups excluding carboxylic acids is 1. The molecule has 0 saturated carbocycles. The molecule has 1 amide bonds. The molecule has 0 radical (unpaired) electrons. The Hall–Kier alpha value is -3.42. The topological polar surface area (TPSA) is 82.8 Å². The molecule has 1 saturated heterocycles. The summed E-state index contributed by atoms with van der Waals surface area (Å²) in [4.78, 5) is 19.1. The molecular formula is C24H22ClN5O2. The molecule has 0 atom stereocenters. The van der Waals surface area contributed by atoms with Gasteiger partial charge in [0.05, 0.1) is 22.4 Å². The Morgan fingerprint density at radius 2 is 1.72 bits per heavy atom. The molecule has 1 aliphatic rings. The molecule has 0 unspecified atom stereocenters. The van der Waals surface area contributed by atoms with Crippen molar-refractivity contribution in [3.63, 3.8) is 0 Å².